The summed E-state index contributed by atoms with van der Waals surface area (Å²) < 4.78 is 0. The standard InChI is InChI=1S/C10H19N5/c1-5-7-12-8(14-10(2,3)4)6-9(13-7)15-11/h6H,5,11H2,1-4H3,(H2,12,13,14,15). The van der Waals surface area contributed by atoms with Crippen LogP contribution in [0.1, 0.15) is 33.5 Å². The van der Waals surface area contributed by atoms with Crippen LogP contribution in [0.4, 0.5) is 11.6 Å². The number of nitrogens with one attached hydrogen (secondary N) is 2. The third-order valence-corrected chi connectivity index (χ3v) is 1.74. The lowest BCUT2D eigenvalue weighted by Crippen LogP contribution is -2.27. The van der Waals surface area contributed by atoms with Gasteiger partial charge in [0.25, 0.3) is 0 Å². The minimum absolute atomic E-state index is 0.0226. The van der Waals surface area contributed by atoms with Crippen molar-refractivity contribution in [3.05, 3.63) is 11.9 Å². The molecule has 1 heterocycles. The molecule has 0 saturated carbocycles. The van der Waals surface area contributed by atoms with Gasteiger partial charge < -0.3 is 10.7 Å². The number of hydrazine groups is 1. The fourth-order valence-electron chi connectivity index (χ4n) is 1.18. The van der Waals surface area contributed by atoms with Gasteiger partial charge in [-0.05, 0) is 20.8 Å². The molecule has 0 aromatic carbocycles. The van der Waals surface area contributed by atoms with Crippen LogP contribution < -0.4 is 16.6 Å². The maximum absolute atomic E-state index is 5.34. The van der Waals surface area contributed by atoms with Crippen LogP contribution in [0.5, 0.6) is 0 Å². The first kappa shape index (κ1) is 11.7. The van der Waals surface area contributed by atoms with E-state index in [9.17, 15) is 0 Å². The Morgan fingerprint density at radius 2 is 1.87 bits per heavy atom. The molecule has 0 saturated heterocycles. The van der Waals surface area contributed by atoms with Gasteiger partial charge in [-0.3, -0.25) is 0 Å². The van der Waals surface area contributed by atoms with E-state index in [2.05, 4.69) is 41.5 Å². The van der Waals surface area contributed by atoms with Gasteiger partial charge in [0, 0.05) is 18.0 Å². The molecule has 0 aliphatic rings. The zero-order valence-corrected chi connectivity index (χ0v) is 9.76. The maximum atomic E-state index is 5.34. The highest BCUT2D eigenvalue weighted by molar-refractivity contribution is 5.48. The minimum atomic E-state index is -0.0226. The molecule has 0 aliphatic heterocycles. The molecule has 0 radical (unpaired) electrons. The zero-order valence-electron chi connectivity index (χ0n) is 9.76. The first-order valence-electron chi connectivity index (χ1n) is 5.07. The van der Waals surface area contributed by atoms with Crippen LogP contribution in [-0.2, 0) is 6.42 Å². The molecule has 1 aromatic heterocycles. The number of anilines is 2. The zero-order chi connectivity index (χ0) is 11.5. The van der Waals surface area contributed by atoms with Gasteiger partial charge in [-0.1, -0.05) is 6.92 Å². The van der Waals surface area contributed by atoms with Gasteiger partial charge in [-0.2, -0.15) is 0 Å². The number of hydrogen-bond donors (Lipinski definition) is 3. The van der Waals surface area contributed by atoms with Crippen molar-refractivity contribution >= 4 is 11.6 Å². The van der Waals surface area contributed by atoms with Crippen molar-refractivity contribution < 1.29 is 0 Å². The summed E-state index contributed by atoms with van der Waals surface area (Å²) in [5.74, 6) is 7.54. The molecule has 0 unspecified atom stereocenters. The van der Waals surface area contributed by atoms with Crippen LogP contribution >= 0.6 is 0 Å². The quantitative estimate of drug-likeness (QED) is 0.520. The second-order valence-electron chi connectivity index (χ2n) is 4.43. The Morgan fingerprint density at radius 1 is 1.27 bits per heavy atom. The van der Waals surface area contributed by atoms with Gasteiger partial charge in [0.15, 0.2) is 0 Å². The summed E-state index contributed by atoms with van der Waals surface area (Å²) in [5, 5.41) is 3.28. The molecule has 0 bridgehead atoms. The molecule has 15 heavy (non-hydrogen) atoms. The van der Waals surface area contributed by atoms with Crippen LogP contribution in [0.15, 0.2) is 6.07 Å². The normalized spacial score (nSPS) is 11.3. The van der Waals surface area contributed by atoms with Gasteiger partial charge in [-0.25, -0.2) is 15.8 Å². The number of aromatic nitrogens is 2. The van der Waals surface area contributed by atoms with Gasteiger partial charge in [0.05, 0.1) is 0 Å². The highest BCUT2D eigenvalue weighted by Crippen LogP contribution is 2.15. The molecule has 0 aliphatic carbocycles. The van der Waals surface area contributed by atoms with Crippen LogP contribution in [0.2, 0.25) is 0 Å². The van der Waals surface area contributed by atoms with E-state index in [0.29, 0.717) is 5.82 Å². The highest BCUT2D eigenvalue weighted by atomic mass is 15.3. The summed E-state index contributed by atoms with van der Waals surface area (Å²) in [7, 11) is 0. The predicted molar refractivity (Wildman–Crippen MR) is 62.6 cm³/mol. The summed E-state index contributed by atoms with van der Waals surface area (Å²) in [6.07, 6.45) is 0.786. The SMILES string of the molecule is CCc1nc(NN)cc(NC(C)(C)C)n1. The number of rotatable bonds is 3. The molecule has 0 amide bonds. The van der Waals surface area contributed by atoms with Gasteiger partial charge >= 0.3 is 0 Å². The van der Waals surface area contributed by atoms with E-state index >= 15 is 0 Å². The number of nitrogens with zero attached hydrogens (tertiary/aromatic N) is 2. The van der Waals surface area contributed by atoms with E-state index in [1.165, 1.54) is 0 Å². The largest absolute Gasteiger partial charge is 0.365 e. The van der Waals surface area contributed by atoms with E-state index in [1.807, 2.05) is 6.92 Å². The molecule has 0 spiro atoms. The second-order valence-corrected chi connectivity index (χ2v) is 4.43. The van der Waals surface area contributed by atoms with Crippen molar-refractivity contribution in [1.82, 2.24) is 9.97 Å². The summed E-state index contributed by atoms with van der Waals surface area (Å²) in [5.41, 5.74) is 2.51. The lowest BCUT2D eigenvalue weighted by molar-refractivity contribution is 0.629. The average molecular weight is 209 g/mol. The smallest absolute Gasteiger partial charge is 0.145 e. The summed E-state index contributed by atoms with van der Waals surface area (Å²) >= 11 is 0. The summed E-state index contributed by atoms with van der Waals surface area (Å²) in [4.78, 5) is 8.58. The van der Waals surface area contributed by atoms with Crippen molar-refractivity contribution in [3.63, 3.8) is 0 Å². The second kappa shape index (κ2) is 4.44. The summed E-state index contributed by atoms with van der Waals surface area (Å²) in [6.45, 7) is 8.25. The summed E-state index contributed by atoms with van der Waals surface area (Å²) in [6, 6.07) is 1.80. The lowest BCUT2D eigenvalue weighted by Gasteiger charge is -2.21. The van der Waals surface area contributed by atoms with E-state index in [-0.39, 0.29) is 5.54 Å². The first-order chi connectivity index (χ1) is 6.94. The predicted octanol–water partition coefficient (Wildman–Crippen LogP) is 1.53. The molecule has 0 atom stereocenters. The molecule has 1 aromatic rings. The van der Waals surface area contributed by atoms with Gasteiger partial charge in [0.2, 0.25) is 0 Å². The molecule has 5 heteroatoms. The molecule has 5 nitrogen and oxygen atoms in total. The van der Waals surface area contributed by atoms with Crippen molar-refractivity contribution in [2.75, 3.05) is 10.7 Å². The molecular formula is C10H19N5. The third-order valence-electron chi connectivity index (χ3n) is 1.74. The minimum Gasteiger partial charge on any atom is -0.365 e. The van der Waals surface area contributed by atoms with Crippen molar-refractivity contribution in [2.24, 2.45) is 5.84 Å². The van der Waals surface area contributed by atoms with E-state index in [1.54, 1.807) is 6.07 Å². The van der Waals surface area contributed by atoms with Crippen molar-refractivity contribution in [1.29, 1.82) is 0 Å². The highest BCUT2D eigenvalue weighted by Gasteiger charge is 2.11. The molecule has 84 valence electrons. The monoisotopic (exact) mass is 209 g/mol. The van der Waals surface area contributed by atoms with Gasteiger partial charge in [-0.15, -0.1) is 0 Å². The molecule has 0 fully saturated rings. The van der Waals surface area contributed by atoms with Crippen LogP contribution in [0, 0.1) is 0 Å². The Morgan fingerprint density at radius 3 is 2.33 bits per heavy atom. The van der Waals surface area contributed by atoms with Crippen molar-refractivity contribution in [2.45, 2.75) is 39.7 Å². The number of nitrogens with two attached hydrogens (primary N) is 1. The third kappa shape index (κ3) is 3.71. The molecular weight excluding hydrogens is 190 g/mol. The van der Waals surface area contributed by atoms with E-state index in [4.69, 9.17) is 5.84 Å². The van der Waals surface area contributed by atoms with Crippen LogP contribution in [-0.4, -0.2) is 15.5 Å². The van der Waals surface area contributed by atoms with Crippen LogP contribution in [0.25, 0.3) is 0 Å². The lowest BCUT2D eigenvalue weighted by atomic mass is 10.1. The number of nitrogen functional groups attached to an aromatic ring is 1. The van der Waals surface area contributed by atoms with E-state index in [0.717, 1.165) is 18.1 Å². The Kier molecular flexibility index (Phi) is 3.47. The fourth-order valence-corrected chi connectivity index (χ4v) is 1.18. The van der Waals surface area contributed by atoms with Crippen molar-refractivity contribution in [3.8, 4) is 0 Å². The average Bonchev–Trinajstić information content (AvgIpc) is 2.14. The number of aryl methyl sites for hydroxylation is 1. The number of hydrogen-bond acceptors (Lipinski definition) is 5. The van der Waals surface area contributed by atoms with Gasteiger partial charge in [0.1, 0.15) is 17.5 Å². The maximum Gasteiger partial charge on any atom is 0.145 e. The Hall–Kier alpha value is -1.36. The first-order valence-corrected chi connectivity index (χ1v) is 5.07. The molecule has 4 N–H and O–H groups in total. The fraction of sp³-hybridized carbons (Fsp3) is 0.600. The topological polar surface area (TPSA) is 75.9 Å². The Labute approximate surface area is 90.5 Å². The van der Waals surface area contributed by atoms with E-state index < -0.39 is 0 Å². The molecule has 1 rings (SSSR count). The van der Waals surface area contributed by atoms with Crippen LogP contribution in [0.3, 0.4) is 0 Å². The Bertz CT molecular complexity index is 307. The Balaban J connectivity index is 2.97.